The Morgan fingerprint density at radius 3 is 2.26 bits per heavy atom. The summed E-state index contributed by atoms with van der Waals surface area (Å²) in [6, 6.07) is 8.75. The summed E-state index contributed by atoms with van der Waals surface area (Å²) in [6.07, 6.45) is 1.36. The van der Waals surface area contributed by atoms with Gasteiger partial charge in [-0.15, -0.1) is 0 Å². The van der Waals surface area contributed by atoms with Gasteiger partial charge in [0.05, 0.1) is 0 Å². The van der Waals surface area contributed by atoms with Crippen molar-refractivity contribution in [2.24, 2.45) is 10.8 Å². The molecular weight excluding hydrogens is 300 g/mol. The molecule has 0 amide bonds. The zero-order chi connectivity index (χ0) is 13.5. The summed E-state index contributed by atoms with van der Waals surface area (Å²) < 4.78 is 1.16. The quantitative estimate of drug-likeness (QED) is 0.899. The van der Waals surface area contributed by atoms with E-state index in [0.29, 0.717) is 10.8 Å². The summed E-state index contributed by atoms with van der Waals surface area (Å²) in [7, 11) is 0. The molecule has 19 heavy (non-hydrogen) atoms. The van der Waals surface area contributed by atoms with Gasteiger partial charge in [0.15, 0.2) is 0 Å². The number of hydrogen-bond donors (Lipinski definition) is 1. The molecule has 2 saturated heterocycles. The van der Waals surface area contributed by atoms with E-state index in [4.69, 9.17) is 0 Å². The molecule has 2 nitrogen and oxygen atoms in total. The molecule has 3 rings (SSSR count). The smallest absolute Gasteiger partial charge is 0.0234 e. The summed E-state index contributed by atoms with van der Waals surface area (Å²) in [5.74, 6) is 0. The van der Waals surface area contributed by atoms with Crippen molar-refractivity contribution in [1.82, 2.24) is 10.2 Å². The van der Waals surface area contributed by atoms with Gasteiger partial charge in [-0.05, 0) is 34.9 Å². The molecule has 0 aliphatic carbocycles. The molecule has 104 valence electrons. The van der Waals surface area contributed by atoms with Crippen LogP contribution in [0.4, 0.5) is 0 Å². The van der Waals surface area contributed by atoms with Gasteiger partial charge in [-0.1, -0.05) is 41.9 Å². The Morgan fingerprint density at radius 2 is 1.68 bits per heavy atom. The topological polar surface area (TPSA) is 15.3 Å². The van der Waals surface area contributed by atoms with Crippen molar-refractivity contribution in [3.8, 4) is 0 Å². The van der Waals surface area contributed by atoms with Crippen molar-refractivity contribution in [1.29, 1.82) is 0 Å². The third kappa shape index (κ3) is 3.04. The van der Waals surface area contributed by atoms with Gasteiger partial charge >= 0.3 is 0 Å². The van der Waals surface area contributed by atoms with Crippen LogP contribution in [-0.2, 0) is 6.54 Å². The molecule has 3 heteroatoms. The third-order valence-corrected chi connectivity index (χ3v) is 5.02. The van der Waals surface area contributed by atoms with E-state index in [9.17, 15) is 0 Å². The van der Waals surface area contributed by atoms with Crippen molar-refractivity contribution in [3.05, 3.63) is 34.3 Å². The van der Waals surface area contributed by atoms with Crippen molar-refractivity contribution in [2.75, 3.05) is 26.2 Å². The lowest BCUT2D eigenvalue weighted by Gasteiger charge is -2.54. The fourth-order valence-corrected chi connectivity index (χ4v) is 4.40. The first-order chi connectivity index (χ1) is 8.96. The fourth-order valence-electron chi connectivity index (χ4n) is 4.14. The lowest BCUT2D eigenvalue weighted by atomic mass is 9.66. The first kappa shape index (κ1) is 13.6. The first-order valence-electron chi connectivity index (χ1n) is 7.14. The predicted octanol–water partition coefficient (Wildman–Crippen LogP) is 3.27. The highest BCUT2D eigenvalue weighted by Crippen LogP contribution is 2.42. The second kappa shape index (κ2) is 4.87. The maximum absolute atomic E-state index is 3.63. The van der Waals surface area contributed by atoms with Crippen LogP contribution in [0, 0.1) is 10.8 Å². The number of fused-ring (bicyclic) bond motifs is 2. The Morgan fingerprint density at radius 1 is 1.11 bits per heavy atom. The summed E-state index contributed by atoms with van der Waals surface area (Å²) in [5, 5.41) is 3.63. The van der Waals surface area contributed by atoms with Gasteiger partial charge in [-0.25, -0.2) is 0 Å². The molecule has 0 spiro atoms. The summed E-state index contributed by atoms with van der Waals surface area (Å²) >= 11 is 3.51. The van der Waals surface area contributed by atoms with E-state index >= 15 is 0 Å². The highest BCUT2D eigenvalue weighted by atomic mass is 79.9. The maximum Gasteiger partial charge on any atom is 0.0234 e. The highest BCUT2D eigenvalue weighted by Gasteiger charge is 2.45. The van der Waals surface area contributed by atoms with Gasteiger partial charge < -0.3 is 5.32 Å². The summed E-state index contributed by atoms with van der Waals surface area (Å²) in [4.78, 5) is 2.65. The molecule has 2 aliphatic heterocycles. The number of benzene rings is 1. The average Bonchev–Trinajstić information content (AvgIpc) is 2.29. The number of likely N-dealkylation sites (tertiary alicyclic amines) is 1. The van der Waals surface area contributed by atoms with E-state index < -0.39 is 0 Å². The molecule has 2 heterocycles. The molecular formula is C16H23BrN2. The Labute approximate surface area is 124 Å². The molecule has 2 fully saturated rings. The molecule has 1 N–H and O–H groups in total. The SMILES string of the molecule is C[C@]12CNC[C@@](C)(CN(Cc3ccc(Br)cc3)C1)C2. The van der Waals surface area contributed by atoms with E-state index in [-0.39, 0.29) is 0 Å². The van der Waals surface area contributed by atoms with Crippen LogP contribution in [0.1, 0.15) is 25.8 Å². The number of nitrogens with zero attached hydrogens (tertiary/aromatic N) is 1. The van der Waals surface area contributed by atoms with Gasteiger partial charge in [0.1, 0.15) is 0 Å². The first-order valence-corrected chi connectivity index (χ1v) is 7.93. The zero-order valence-electron chi connectivity index (χ0n) is 11.9. The molecule has 0 radical (unpaired) electrons. The number of piperidine rings is 2. The van der Waals surface area contributed by atoms with E-state index in [1.54, 1.807) is 0 Å². The van der Waals surface area contributed by atoms with Crippen LogP contribution < -0.4 is 5.32 Å². The van der Waals surface area contributed by atoms with Gasteiger partial charge in [0.2, 0.25) is 0 Å². The maximum atomic E-state index is 3.63. The molecule has 1 aromatic rings. The molecule has 1 aromatic carbocycles. The average molecular weight is 323 g/mol. The van der Waals surface area contributed by atoms with Crippen LogP contribution in [0.3, 0.4) is 0 Å². The number of halogens is 1. The lowest BCUT2D eigenvalue weighted by Crippen LogP contribution is -2.60. The van der Waals surface area contributed by atoms with Crippen LogP contribution in [0.25, 0.3) is 0 Å². The number of nitrogens with one attached hydrogen (secondary N) is 1. The van der Waals surface area contributed by atoms with Crippen LogP contribution in [0.2, 0.25) is 0 Å². The van der Waals surface area contributed by atoms with E-state index in [2.05, 4.69) is 64.3 Å². The number of rotatable bonds is 2. The van der Waals surface area contributed by atoms with Crippen molar-refractivity contribution < 1.29 is 0 Å². The monoisotopic (exact) mass is 322 g/mol. The zero-order valence-corrected chi connectivity index (χ0v) is 13.5. The second-order valence-electron chi connectivity index (χ2n) is 7.17. The Hall–Kier alpha value is -0.380. The molecule has 0 aromatic heterocycles. The lowest BCUT2D eigenvalue weighted by molar-refractivity contribution is -0.0237. The fraction of sp³-hybridized carbons (Fsp3) is 0.625. The number of hydrogen-bond acceptors (Lipinski definition) is 2. The minimum Gasteiger partial charge on any atom is -0.316 e. The van der Waals surface area contributed by atoms with Crippen LogP contribution in [-0.4, -0.2) is 31.1 Å². The highest BCUT2D eigenvalue weighted by molar-refractivity contribution is 9.10. The summed E-state index contributed by atoms with van der Waals surface area (Å²) in [6.45, 7) is 10.7. The third-order valence-electron chi connectivity index (χ3n) is 4.49. The largest absolute Gasteiger partial charge is 0.316 e. The van der Waals surface area contributed by atoms with Crippen molar-refractivity contribution >= 4 is 15.9 Å². The minimum atomic E-state index is 0.445. The molecule has 0 unspecified atom stereocenters. The van der Waals surface area contributed by atoms with Gasteiger partial charge in [0.25, 0.3) is 0 Å². The molecule has 0 saturated carbocycles. The Balaban J connectivity index is 1.73. The molecule has 2 bridgehead atoms. The van der Waals surface area contributed by atoms with Gasteiger partial charge in [-0.2, -0.15) is 0 Å². The Kier molecular flexibility index (Phi) is 3.48. The van der Waals surface area contributed by atoms with E-state index in [1.807, 2.05) is 0 Å². The van der Waals surface area contributed by atoms with Crippen LogP contribution in [0.15, 0.2) is 28.7 Å². The van der Waals surface area contributed by atoms with Crippen LogP contribution in [0.5, 0.6) is 0 Å². The van der Waals surface area contributed by atoms with E-state index in [0.717, 1.165) is 11.0 Å². The summed E-state index contributed by atoms with van der Waals surface area (Å²) in [5.41, 5.74) is 2.31. The predicted molar refractivity (Wildman–Crippen MR) is 83.1 cm³/mol. The van der Waals surface area contributed by atoms with Crippen molar-refractivity contribution in [3.63, 3.8) is 0 Å². The second-order valence-corrected chi connectivity index (χ2v) is 8.09. The molecule has 2 atom stereocenters. The van der Waals surface area contributed by atoms with Crippen molar-refractivity contribution in [2.45, 2.75) is 26.8 Å². The van der Waals surface area contributed by atoms with Gasteiger partial charge in [0, 0.05) is 37.2 Å². The van der Waals surface area contributed by atoms with E-state index in [1.165, 1.54) is 38.2 Å². The standard InChI is InChI=1S/C16H23BrN2/c1-15-8-16(2,10-18-9-15)12-19(11-15)7-13-3-5-14(17)6-4-13/h3-6,18H,7-12H2,1-2H3/t15-,16-/m0/s1. The normalized spacial score (nSPS) is 35.3. The van der Waals surface area contributed by atoms with Gasteiger partial charge in [-0.3, -0.25) is 4.90 Å². The molecule has 2 aliphatic rings. The minimum absolute atomic E-state index is 0.445. The Bertz CT molecular complexity index is 440. The van der Waals surface area contributed by atoms with Crippen LogP contribution >= 0.6 is 15.9 Å².